The Morgan fingerprint density at radius 3 is 2.50 bits per heavy atom. The highest BCUT2D eigenvalue weighted by Gasteiger charge is 2.22. The summed E-state index contributed by atoms with van der Waals surface area (Å²) in [5.41, 5.74) is 3.29. The summed E-state index contributed by atoms with van der Waals surface area (Å²) in [6.45, 7) is 3.26. The first-order chi connectivity index (χ1) is 9.61. The maximum absolute atomic E-state index is 12.0. The number of hydrogen-bond acceptors (Lipinski definition) is 3. The average Bonchev–Trinajstić information content (AvgIpc) is 2.92. The molecular weight excluding hydrogens is 252 g/mol. The van der Waals surface area contributed by atoms with Gasteiger partial charge in [0.1, 0.15) is 11.3 Å². The first-order valence-electron chi connectivity index (χ1n) is 6.40. The molecule has 3 heteroatoms. The van der Waals surface area contributed by atoms with E-state index in [1.165, 1.54) is 13.2 Å². The molecule has 1 heterocycles. The van der Waals surface area contributed by atoms with Crippen molar-refractivity contribution in [2.24, 2.45) is 0 Å². The van der Waals surface area contributed by atoms with E-state index in [4.69, 9.17) is 4.42 Å². The van der Waals surface area contributed by atoms with Gasteiger partial charge in [0.25, 0.3) is 0 Å². The predicted molar refractivity (Wildman–Crippen MR) is 78.1 cm³/mol. The van der Waals surface area contributed by atoms with Gasteiger partial charge in [-0.25, -0.2) is 0 Å². The third-order valence-electron chi connectivity index (χ3n) is 3.54. The predicted octanol–water partition coefficient (Wildman–Crippen LogP) is 4.32. The van der Waals surface area contributed by atoms with E-state index in [1.54, 1.807) is 13.0 Å². The Bertz CT molecular complexity index is 798. The van der Waals surface area contributed by atoms with Gasteiger partial charge in [0.05, 0.1) is 11.6 Å². The molecule has 0 fully saturated rings. The molecule has 0 aliphatic rings. The van der Waals surface area contributed by atoms with Crippen LogP contribution in [-0.4, -0.2) is 10.9 Å². The molecule has 0 unspecified atom stereocenters. The summed E-state index contributed by atoms with van der Waals surface area (Å²) < 4.78 is 5.52. The number of Topliss-reactive ketones (excluding diaryl/α,β-unsaturated/α-hetero) is 1. The van der Waals surface area contributed by atoms with Crippen molar-refractivity contribution in [3.05, 3.63) is 53.8 Å². The Labute approximate surface area is 116 Å². The van der Waals surface area contributed by atoms with Gasteiger partial charge in [0.15, 0.2) is 5.78 Å². The minimum atomic E-state index is -0.0880. The van der Waals surface area contributed by atoms with Crippen LogP contribution in [0.5, 0.6) is 5.75 Å². The second-order valence-electron chi connectivity index (χ2n) is 4.81. The number of ketones is 1. The number of furan rings is 1. The van der Waals surface area contributed by atoms with Crippen LogP contribution in [0, 0.1) is 6.92 Å². The van der Waals surface area contributed by atoms with E-state index in [1.807, 2.05) is 30.3 Å². The highest BCUT2D eigenvalue weighted by molar-refractivity contribution is 6.11. The molecule has 0 aliphatic heterocycles. The van der Waals surface area contributed by atoms with Crippen LogP contribution in [0.1, 0.15) is 22.8 Å². The molecule has 1 N–H and O–H groups in total. The fourth-order valence-electron chi connectivity index (χ4n) is 2.63. The van der Waals surface area contributed by atoms with Crippen LogP contribution in [-0.2, 0) is 0 Å². The molecule has 0 saturated carbocycles. The molecule has 3 nitrogen and oxygen atoms in total. The zero-order chi connectivity index (χ0) is 14.3. The van der Waals surface area contributed by atoms with Crippen LogP contribution in [0.3, 0.4) is 0 Å². The minimum Gasteiger partial charge on any atom is -0.507 e. The summed E-state index contributed by atoms with van der Waals surface area (Å²) in [5.74, 6) is 0.0218. The molecule has 3 aromatic rings. The molecule has 0 atom stereocenters. The number of phenolic OH excluding ortho intramolecular Hbond substituents is 1. The highest BCUT2D eigenvalue weighted by atomic mass is 16.3. The zero-order valence-electron chi connectivity index (χ0n) is 11.3. The first-order valence-corrected chi connectivity index (χ1v) is 6.40. The number of aromatic hydroxyl groups is 1. The van der Waals surface area contributed by atoms with Crippen molar-refractivity contribution in [2.45, 2.75) is 13.8 Å². The first kappa shape index (κ1) is 12.5. The Morgan fingerprint density at radius 1 is 1.15 bits per heavy atom. The summed E-state index contributed by atoms with van der Waals surface area (Å²) in [7, 11) is 0. The van der Waals surface area contributed by atoms with Crippen molar-refractivity contribution < 1.29 is 14.3 Å². The topological polar surface area (TPSA) is 50.4 Å². The molecule has 0 saturated heterocycles. The second-order valence-corrected chi connectivity index (χ2v) is 4.81. The van der Waals surface area contributed by atoms with Crippen molar-refractivity contribution in [1.82, 2.24) is 0 Å². The lowest BCUT2D eigenvalue weighted by atomic mass is 9.91. The molecule has 100 valence electrons. The maximum atomic E-state index is 12.0. The van der Waals surface area contributed by atoms with Crippen molar-refractivity contribution in [3.8, 4) is 16.9 Å². The fourth-order valence-corrected chi connectivity index (χ4v) is 2.63. The van der Waals surface area contributed by atoms with E-state index < -0.39 is 0 Å². The average molecular weight is 266 g/mol. The Balaban J connectivity index is 2.51. The number of rotatable bonds is 2. The van der Waals surface area contributed by atoms with Gasteiger partial charge in [0, 0.05) is 16.7 Å². The Morgan fingerprint density at radius 2 is 1.85 bits per heavy atom. The Kier molecular flexibility index (Phi) is 2.83. The number of carbonyl (C=O) groups is 1. The standard InChI is InChI=1S/C17H14O3/c1-10-14(11(2)18)15(12-6-4-3-5-7-12)17-13(16(10)19)8-9-20-17/h3-9,19H,1-2H3. The molecule has 0 bridgehead atoms. The van der Waals surface area contributed by atoms with Crippen LogP contribution in [0.4, 0.5) is 0 Å². The van der Waals surface area contributed by atoms with Gasteiger partial charge in [0.2, 0.25) is 0 Å². The van der Waals surface area contributed by atoms with Gasteiger partial charge in [-0.3, -0.25) is 4.79 Å². The molecular formula is C17H14O3. The van der Waals surface area contributed by atoms with Crippen LogP contribution in [0.15, 0.2) is 47.1 Å². The molecule has 0 aliphatic carbocycles. The lowest BCUT2D eigenvalue weighted by Gasteiger charge is -2.13. The highest BCUT2D eigenvalue weighted by Crippen LogP contribution is 2.41. The fraction of sp³-hybridized carbons (Fsp3) is 0.118. The van der Waals surface area contributed by atoms with E-state index >= 15 is 0 Å². The van der Waals surface area contributed by atoms with Gasteiger partial charge < -0.3 is 9.52 Å². The summed E-state index contributed by atoms with van der Waals surface area (Å²) in [6.07, 6.45) is 1.53. The minimum absolute atomic E-state index is 0.0880. The smallest absolute Gasteiger partial charge is 0.160 e. The molecule has 0 amide bonds. The molecule has 0 spiro atoms. The van der Waals surface area contributed by atoms with Gasteiger partial charge in [-0.1, -0.05) is 30.3 Å². The van der Waals surface area contributed by atoms with E-state index in [2.05, 4.69) is 0 Å². The summed E-state index contributed by atoms with van der Waals surface area (Å²) in [6, 6.07) is 11.3. The van der Waals surface area contributed by atoms with Crippen LogP contribution < -0.4 is 0 Å². The summed E-state index contributed by atoms with van der Waals surface area (Å²) >= 11 is 0. The lowest BCUT2D eigenvalue weighted by Crippen LogP contribution is -2.01. The molecule has 0 radical (unpaired) electrons. The van der Waals surface area contributed by atoms with Crippen LogP contribution in [0.25, 0.3) is 22.1 Å². The number of fused-ring (bicyclic) bond motifs is 1. The van der Waals surface area contributed by atoms with Crippen molar-refractivity contribution in [2.75, 3.05) is 0 Å². The normalized spacial score (nSPS) is 10.9. The maximum Gasteiger partial charge on any atom is 0.160 e. The molecule has 3 rings (SSSR count). The monoisotopic (exact) mass is 266 g/mol. The van der Waals surface area contributed by atoms with Crippen LogP contribution in [0.2, 0.25) is 0 Å². The third-order valence-corrected chi connectivity index (χ3v) is 3.54. The summed E-state index contributed by atoms with van der Waals surface area (Å²) in [4.78, 5) is 12.0. The SMILES string of the molecule is CC(=O)c1c(C)c(O)c2ccoc2c1-c1ccccc1. The molecule has 1 aromatic heterocycles. The number of hydrogen-bond donors (Lipinski definition) is 1. The van der Waals surface area contributed by atoms with Gasteiger partial charge in [-0.15, -0.1) is 0 Å². The van der Waals surface area contributed by atoms with Gasteiger partial charge >= 0.3 is 0 Å². The quantitative estimate of drug-likeness (QED) is 0.703. The molecule has 20 heavy (non-hydrogen) atoms. The van der Waals surface area contributed by atoms with Crippen LogP contribution >= 0.6 is 0 Å². The van der Waals surface area contributed by atoms with Crippen molar-refractivity contribution >= 4 is 16.8 Å². The van der Waals surface area contributed by atoms with E-state index in [0.29, 0.717) is 22.1 Å². The number of carbonyl (C=O) groups excluding carboxylic acids is 1. The van der Waals surface area contributed by atoms with E-state index in [-0.39, 0.29) is 11.5 Å². The van der Waals surface area contributed by atoms with Gasteiger partial charge in [-0.2, -0.15) is 0 Å². The largest absolute Gasteiger partial charge is 0.507 e. The number of phenols is 1. The lowest BCUT2D eigenvalue weighted by molar-refractivity contribution is 0.101. The Hall–Kier alpha value is -2.55. The van der Waals surface area contributed by atoms with Gasteiger partial charge in [-0.05, 0) is 25.5 Å². The summed E-state index contributed by atoms with van der Waals surface area (Å²) in [5, 5.41) is 10.9. The second kappa shape index (κ2) is 4.53. The number of benzene rings is 2. The molecule has 2 aromatic carbocycles. The van der Waals surface area contributed by atoms with Crippen molar-refractivity contribution in [1.29, 1.82) is 0 Å². The third kappa shape index (κ3) is 1.71. The van der Waals surface area contributed by atoms with Crippen molar-refractivity contribution in [3.63, 3.8) is 0 Å². The van der Waals surface area contributed by atoms with E-state index in [9.17, 15) is 9.90 Å². The van der Waals surface area contributed by atoms with E-state index in [0.717, 1.165) is 11.1 Å². The zero-order valence-corrected chi connectivity index (χ0v) is 11.3.